The minimum absolute atomic E-state index is 0.0296. The maximum Gasteiger partial charge on any atom is 0.330 e. The monoisotopic (exact) mass is 457 g/mol. The summed E-state index contributed by atoms with van der Waals surface area (Å²) in [6.45, 7) is 0.393. The number of halogens is 1. The number of anilines is 3. The van der Waals surface area contributed by atoms with Crippen LogP contribution in [-0.2, 0) is 11.3 Å². The summed E-state index contributed by atoms with van der Waals surface area (Å²) in [6, 6.07) is 14.2. The number of nitrogens with zero attached hydrogens (tertiary/aromatic N) is 2. The SMILES string of the molecule is COc1ccc(Cl)cc1NC(=O)CCN(C)c1c(N)n(Cc2ccccc2)c(=O)[nH]c1=O. The van der Waals surface area contributed by atoms with E-state index in [0.717, 1.165) is 5.56 Å². The van der Waals surface area contributed by atoms with E-state index in [1.165, 1.54) is 11.7 Å². The summed E-state index contributed by atoms with van der Waals surface area (Å²) in [6.07, 6.45) is 0.0584. The van der Waals surface area contributed by atoms with Crippen molar-refractivity contribution in [3.05, 3.63) is 80.0 Å². The quantitative estimate of drug-likeness (QED) is 0.477. The molecule has 0 saturated heterocycles. The van der Waals surface area contributed by atoms with Gasteiger partial charge in [-0.2, -0.15) is 0 Å². The molecule has 0 saturated carbocycles. The van der Waals surface area contributed by atoms with Crippen molar-refractivity contribution in [2.75, 3.05) is 36.7 Å². The predicted octanol–water partition coefficient (Wildman–Crippen LogP) is 2.29. The number of ether oxygens (including phenoxy) is 1. The number of aromatic nitrogens is 2. The fourth-order valence-electron chi connectivity index (χ4n) is 3.24. The molecule has 0 bridgehead atoms. The fourth-order valence-corrected chi connectivity index (χ4v) is 3.41. The minimum atomic E-state index is -0.615. The molecule has 3 aromatic rings. The van der Waals surface area contributed by atoms with Crippen molar-refractivity contribution in [1.29, 1.82) is 0 Å². The summed E-state index contributed by atoms with van der Waals surface area (Å²) in [5.41, 5.74) is 6.40. The van der Waals surface area contributed by atoms with Crippen LogP contribution in [0.1, 0.15) is 12.0 Å². The van der Waals surface area contributed by atoms with Crippen LogP contribution in [0.4, 0.5) is 17.2 Å². The Morgan fingerprint density at radius 3 is 2.62 bits per heavy atom. The number of hydrogen-bond acceptors (Lipinski definition) is 6. The van der Waals surface area contributed by atoms with Crippen molar-refractivity contribution < 1.29 is 9.53 Å². The van der Waals surface area contributed by atoms with Gasteiger partial charge in [0.15, 0.2) is 0 Å². The molecule has 0 aliphatic heterocycles. The van der Waals surface area contributed by atoms with Gasteiger partial charge < -0.3 is 20.7 Å². The molecule has 9 nitrogen and oxygen atoms in total. The zero-order chi connectivity index (χ0) is 23.3. The van der Waals surface area contributed by atoms with E-state index in [1.54, 1.807) is 30.1 Å². The van der Waals surface area contributed by atoms with Crippen molar-refractivity contribution in [3.8, 4) is 5.75 Å². The molecule has 0 aliphatic carbocycles. The van der Waals surface area contributed by atoms with Crippen LogP contribution in [0.25, 0.3) is 0 Å². The largest absolute Gasteiger partial charge is 0.495 e. The molecule has 0 aliphatic rings. The fraction of sp³-hybridized carbons (Fsp3) is 0.227. The molecule has 0 fully saturated rings. The molecule has 2 aromatic carbocycles. The number of nitrogen functional groups attached to an aromatic ring is 1. The van der Waals surface area contributed by atoms with E-state index in [9.17, 15) is 14.4 Å². The second-order valence-electron chi connectivity index (χ2n) is 7.13. The number of hydrogen-bond donors (Lipinski definition) is 3. The Morgan fingerprint density at radius 2 is 1.94 bits per heavy atom. The molecule has 1 heterocycles. The smallest absolute Gasteiger partial charge is 0.330 e. The Labute approximate surface area is 189 Å². The van der Waals surface area contributed by atoms with Gasteiger partial charge in [-0.05, 0) is 23.8 Å². The number of amides is 1. The third-order valence-electron chi connectivity index (χ3n) is 4.89. The molecule has 1 amide bonds. The van der Waals surface area contributed by atoms with Gasteiger partial charge in [-0.25, -0.2) is 4.79 Å². The second kappa shape index (κ2) is 10.1. The number of benzene rings is 2. The number of nitrogens with one attached hydrogen (secondary N) is 2. The van der Waals surface area contributed by atoms with E-state index >= 15 is 0 Å². The van der Waals surface area contributed by atoms with Gasteiger partial charge in [0.05, 0.1) is 19.3 Å². The standard InChI is InChI=1S/C22H24ClN5O4/c1-27(11-10-18(29)25-16-12-15(23)8-9-17(16)32-2)19-20(24)28(22(31)26-21(19)30)13-14-6-4-3-5-7-14/h3-9,12H,10-11,13,24H2,1-2H3,(H,25,29)(H,26,30,31). The molecule has 0 unspecified atom stereocenters. The Balaban J connectivity index is 1.75. The topological polar surface area (TPSA) is 122 Å². The van der Waals surface area contributed by atoms with E-state index in [-0.39, 0.29) is 36.9 Å². The molecule has 168 valence electrons. The van der Waals surface area contributed by atoms with Gasteiger partial charge >= 0.3 is 5.69 Å². The number of aromatic amines is 1. The lowest BCUT2D eigenvalue weighted by atomic mass is 10.2. The lowest BCUT2D eigenvalue weighted by Crippen LogP contribution is -2.38. The first kappa shape index (κ1) is 23.0. The summed E-state index contributed by atoms with van der Waals surface area (Å²) in [4.78, 5) is 41.1. The summed E-state index contributed by atoms with van der Waals surface area (Å²) in [7, 11) is 3.12. The summed E-state index contributed by atoms with van der Waals surface area (Å²) in [5, 5.41) is 3.20. The molecule has 0 spiro atoms. The van der Waals surface area contributed by atoms with Crippen LogP contribution in [-0.4, -0.2) is 36.2 Å². The first-order valence-electron chi connectivity index (χ1n) is 9.81. The zero-order valence-corrected chi connectivity index (χ0v) is 18.5. The first-order chi connectivity index (χ1) is 15.3. The Morgan fingerprint density at radius 1 is 1.22 bits per heavy atom. The Hall–Kier alpha value is -3.72. The number of nitrogens with two attached hydrogens (primary N) is 1. The van der Waals surface area contributed by atoms with Crippen LogP contribution < -0.4 is 31.9 Å². The van der Waals surface area contributed by atoms with Crippen LogP contribution in [0.3, 0.4) is 0 Å². The maximum atomic E-state index is 12.5. The van der Waals surface area contributed by atoms with E-state index in [1.807, 2.05) is 30.3 Å². The van der Waals surface area contributed by atoms with E-state index in [4.69, 9.17) is 22.1 Å². The highest BCUT2D eigenvalue weighted by Crippen LogP contribution is 2.27. The average Bonchev–Trinajstić information content (AvgIpc) is 2.76. The van der Waals surface area contributed by atoms with Crippen molar-refractivity contribution >= 4 is 34.7 Å². The van der Waals surface area contributed by atoms with Gasteiger partial charge in [-0.15, -0.1) is 0 Å². The summed E-state index contributed by atoms with van der Waals surface area (Å²) in [5.74, 6) is 0.205. The Kier molecular flexibility index (Phi) is 7.21. The van der Waals surface area contributed by atoms with Crippen LogP contribution >= 0.6 is 11.6 Å². The average molecular weight is 458 g/mol. The predicted molar refractivity (Wildman–Crippen MR) is 126 cm³/mol. The van der Waals surface area contributed by atoms with E-state index < -0.39 is 11.2 Å². The molecule has 4 N–H and O–H groups in total. The summed E-state index contributed by atoms with van der Waals surface area (Å²) >= 11 is 5.99. The highest BCUT2D eigenvalue weighted by molar-refractivity contribution is 6.31. The zero-order valence-electron chi connectivity index (χ0n) is 17.7. The van der Waals surface area contributed by atoms with Gasteiger partial charge in [0.1, 0.15) is 17.3 Å². The highest BCUT2D eigenvalue weighted by atomic mass is 35.5. The molecule has 1 aromatic heterocycles. The minimum Gasteiger partial charge on any atom is -0.495 e. The lowest BCUT2D eigenvalue weighted by molar-refractivity contribution is -0.116. The normalized spacial score (nSPS) is 10.6. The second-order valence-corrected chi connectivity index (χ2v) is 7.57. The van der Waals surface area contributed by atoms with Gasteiger partial charge in [0.2, 0.25) is 5.91 Å². The van der Waals surface area contributed by atoms with Crippen LogP contribution in [0.2, 0.25) is 5.02 Å². The van der Waals surface area contributed by atoms with Crippen LogP contribution in [0, 0.1) is 0 Å². The molecular formula is C22H24ClN5O4. The van der Waals surface area contributed by atoms with Crippen molar-refractivity contribution in [2.24, 2.45) is 0 Å². The van der Waals surface area contributed by atoms with Gasteiger partial charge in [0.25, 0.3) is 5.56 Å². The number of carbonyl (C=O) groups excluding carboxylic acids is 1. The number of carbonyl (C=O) groups is 1. The Bertz CT molecular complexity index is 1220. The number of rotatable bonds is 8. The van der Waals surface area contributed by atoms with Crippen LogP contribution in [0.15, 0.2) is 58.1 Å². The van der Waals surface area contributed by atoms with Gasteiger partial charge in [-0.1, -0.05) is 41.9 Å². The van der Waals surface area contributed by atoms with Gasteiger partial charge in [-0.3, -0.25) is 19.1 Å². The number of methoxy groups -OCH3 is 1. The van der Waals surface area contributed by atoms with E-state index in [0.29, 0.717) is 16.5 Å². The molecule has 32 heavy (non-hydrogen) atoms. The highest BCUT2D eigenvalue weighted by Gasteiger charge is 2.17. The molecule has 0 radical (unpaired) electrons. The van der Waals surface area contributed by atoms with Gasteiger partial charge in [0, 0.05) is 25.0 Å². The summed E-state index contributed by atoms with van der Waals surface area (Å²) < 4.78 is 6.51. The third-order valence-corrected chi connectivity index (χ3v) is 5.12. The van der Waals surface area contributed by atoms with E-state index in [2.05, 4.69) is 10.3 Å². The third kappa shape index (κ3) is 5.30. The van der Waals surface area contributed by atoms with Crippen molar-refractivity contribution in [2.45, 2.75) is 13.0 Å². The first-order valence-corrected chi connectivity index (χ1v) is 10.2. The molecule has 10 heteroatoms. The maximum absolute atomic E-state index is 12.5. The van der Waals surface area contributed by atoms with Crippen molar-refractivity contribution in [3.63, 3.8) is 0 Å². The van der Waals surface area contributed by atoms with Crippen LogP contribution in [0.5, 0.6) is 5.75 Å². The molecular weight excluding hydrogens is 434 g/mol. The van der Waals surface area contributed by atoms with Crippen molar-refractivity contribution in [1.82, 2.24) is 9.55 Å². The number of H-pyrrole nitrogens is 1. The lowest BCUT2D eigenvalue weighted by Gasteiger charge is -2.22. The molecule has 3 rings (SSSR count). The molecule has 0 atom stereocenters.